The third-order valence-electron chi connectivity index (χ3n) is 6.03. The van der Waals surface area contributed by atoms with Gasteiger partial charge in [-0.2, -0.15) is 0 Å². The molecule has 0 bridgehead atoms. The first-order valence-corrected chi connectivity index (χ1v) is 9.94. The van der Waals surface area contributed by atoms with Crippen LogP contribution in [-0.4, -0.2) is 67.7 Å². The van der Waals surface area contributed by atoms with Crippen LogP contribution in [0, 0.1) is 5.41 Å². The standard InChI is InChI=1S/C19H37N3O2/c1-3-21(4-2)12-13-24-17-8-11-22(15-17)18(23)14-19(16-20)9-6-5-7-10-19/h17H,3-16,20H2,1-2H3. The minimum atomic E-state index is 0.0665. The van der Waals surface area contributed by atoms with Gasteiger partial charge >= 0.3 is 0 Å². The van der Waals surface area contributed by atoms with E-state index >= 15 is 0 Å². The zero-order valence-corrected chi connectivity index (χ0v) is 15.8. The van der Waals surface area contributed by atoms with E-state index in [1.165, 1.54) is 19.3 Å². The molecule has 2 aliphatic rings. The molecule has 0 aromatic carbocycles. The minimum absolute atomic E-state index is 0.0665. The molecule has 1 saturated heterocycles. The summed E-state index contributed by atoms with van der Waals surface area (Å²) >= 11 is 0. The van der Waals surface area contributed by atoms with Gasteiger partial charge in [0.05, 0.1) is 12.7 Å². The number of nitrogens with zero attached hydrogens (tertiary/aromatic N) is 2. The Hall–Kier alpha value is -0.650. The maximum atomic E-state index is 12.7. The van der Waals surface area contributed by atoms with Crippen LogP contribution in [-0.2, 0) is 9.53 Å². The van der Waals surface area contributed by atoms with Crippen molar-refractivity contribution >= 4 is 5.91 Å². The molecule has 0 spiro atoms. The highest BCUT2D eigenvalue weighted by atomic mass is 16.5. The highest BCUT2D eigenvalue weighted by Gasteiger charge is 2.36. The average molecular weight is 340 g/mol. The number of nitrogens with two attached hydrogens (primary N) is 1. The average Bonchev–Trinajstić information content (AvgIpc) is 3.08. The Balaban J connectivity index is 1.72. The lowest BCUT2D eigenvalue weighted by atomic mass is 9.71. The summed E-state index contributed by atoms with van der Waals surface area (Å²) in [6.07, 6.45) is 7.80. The molecule has 0 radical (unpaired) electrons. The first-order chi connectivity index (χ1) is 11.6. The van der Waals surface area contributed by atoms with Crippen molar-refractivity contribution in [3.05, 3.63) is 0 Å². The van der Waals surface area contributed by atoms with E-state index < -0.39 is 0 Å². The van der Waals surface area contributed by atoms with Crippen LogP contribution in [0.2, 0.25) is 0 Å². The molecule has 5 heteroatoms. The maximum absolute atomic E-state index is 12.7. The fraction of sp³-hybridized carbons (Fsp3) is 0.947. The molecule has 140 valence electrons. The Kier molecular flexibility index (Phi) is 7.98. The van der Waals surface area contributed by atoms with E-state index in [2.05, 4.69) is 18.7 Å². The van der Waals surface area contributed by atoms with Gasteiger partial charge in [-0.05, 0) is 44.3 Å². The number of hydrogen-bond acceptors (Lipinski definition) is 4. The summed E-state index contributed by atoms with van der Waals surface area (Å²) < 4.78 is 6.00. The molecule has 2 N–H and O–H groups in total. The van der Waals surface area contributed by atoms with E-state index in [9.17, 15) is 4.79 Å². The van der Waals surface area contributed by atoms with Crippen molar-refractivity contribution < 1.29 is 9.53 Å². The zero-order valence-electron chi connectivity index (χ0n) is 15.8. The third-order valence-corrected chi connectivity index (χ3v) is 6.03. The van der Waals surface area contributed by atoms with Gasteiger partial charge in [0.25, 0.3) is 0 Å². The maximum Gasteiger partial charge on any atom is 0.223 e. The monoisotopic (exact) mass is 339 g/mol. The van der Waals surface area contributed by atoms with E-state index in [-0.39, 0.29) is 17.4 Å². The SMILES string of the molecule is CCN(CC)CCOC1CCN(C(=O)CC2(CN)CCCCC2)C1. The van der Waals surface area contributed by atoms with Crippen molar-refractivity contribution in [2.24, 2.45) is 11.1 Å². The Morgan fingerprint density at radius 2 is 1.96 bits per heavy atom. The van der Waals surface area contributed by atoms with Gasteiger partial charge in [-0.25, -0.2) is 0 Å². The van der Waals surface area contributed by atoms with Gasteiger partial charge in [0.1, 0.15) is 0 Å². The fourth-order valence-corrected chi connectivity index (χ4v) is 4.17. The highest BCUT2D eigenvalue weighted by Crippen LogP contribution is 2.39. The van der Waals surface area contributed by atoms with Crippen molar-refractivity contribution in [1.82, 2.24) is 9.80 Å². The molecule has 1 unspecified atom stereocenters. The van der Waals surface area contributed by atoms with Gasteiger partial charge in [0, 0.05) is 26.1 Å². The molecule has 1 aliphatic heterocycles. The summed E-state index contributed by atoms with van der Waals surface area (Å²) in [5.74, 6) is 0.289. The first kappa shape index (κ1) is 19.7. The summed E-state index contributed by atoms with van der Waals surface area (Å²) in [7, 11) is 0. The molecule has 1 aliphatic carbocycles. The van der Waals surface area contributed by atoms with Gasteiger partial charge in [-0.3, -0.25) is 4.79 Å². The normalized spacial score (nSPS) is 23.8. The van der Waals surface area contributed by atoms with Crippen molar-refractivity contribution in [2.75, 3.05) is 45.9 Å². The van der Waals surface area contributed by atoms with Gasteiger partial charge in [-0.15, -0.1) is 0 Å². The van der Waals surface area contributed by atoms with Crippen LogP contribution in [0.5, 0.6) is 0 Å². The number of likely N-dealkylation sites (N-methyl/N-ethyl adjacent to an activating group) is 1. The van der Waals surface area contributed by atoms with Crippen LogP contribution in [0.25, 0.3) is 0 Å². The quantitative estimate of drug-likeness (QED) is 0.700. The molecule has 1 amide bonds. The molecule has 1 heterocycles. The number of ether oxygens (including phenoxy) is 1. The Morgan fingerprint density at radius 3 is 2.58 bits per heavy atom. The van der Waals surface area contributed by atoms with Crippen LogP contribution >= 0.6 is 0 Å². The molecular formula is C19H37N3O2. The second kappa shape index (κ2) is 9.73. The van der Waals surface area contributed by atoms with Gasteiger partial charge in [0.15, 0.2) is 0 Å². The molecule has 5 nitrogen and oxygen atoms in total. The first-order valence-electron chi connectivity index (χ1n) is 9.94. The molecule has 1 saturated carbocycles. The Morgan fingerprint density at radius 1 is 1.25 bits per heavy atom. The van der Waals surface area contributed by atoms with Gasteiger partial charge in [-0.1, -0.05) is 33.1 Å². The number of carbonyl (C=O) groups excluding carboxylic acids is 1. The molecular weight excluding hydrogens is 302 g/mol. The van der Waals surface area contributed by atoms with E-state index in [0.29, 0.717) is 13.0 Å². The Labute approximate surface area is 147 Å². The summed E-state index contributed by atoms with van der Waals surface area (Å²) in [6, 6.07) is 0. The molecule has 2 rings (SSSR count). The largest absolute Gasteiger partial charge is 0.375 e. The summed E-state index contributed by atoms with van der Waals surface area (Å²) in [6.45, 7) is 10.5. The lowest BCUT2D eigenvalue weighted by molar-refractivity contribution is -0.133. The smallest absolute Gasteiger partial charge is 0.223 e. The van der Waals surface area contributed by atoms with Crippen LogP contribution in [0.15, 0.2) is 0 Å². The second-order valence-corrected chi connectivity index (χ2v) is 7.59. The van der Waals surface area contributed by atoms with E-state index in [1.54, 1.807) is 0 Å². The van der Waals surface area contributed by atoms with Gasteiger partial charge < -0.3 is 20.3 Å². The second-order valence-electron chi connectivity index (χ2n) is 7.59. The number of carbonyl (C=O) groups is 1. The van der Waals surface area contributed by atoms with Crippen molar-refractivity contribution in [3.63, 3.8) is 0 Å². The highest BCUT2D eigenvalue weighted by molar-refractivity contribution is 5.77. The number of likely N-dealkylation sites (tertiary alicyclic amines) is 1. The molecule has 24 heavy (non-hydrogen) atoms. The lowest BCUT2D eigenvalue weighted by Crippen LogP contribution is -2.40. The van der Waals surface area contributed by atoms with Gasteiger partial charge in [0.2, 0.25) is 5.91 Å². The molecule has 0 aromatic heterocycles. The van der Waals surface area contributed by atoms with Crippen LogP contribution in [0.4, 0.5) is 0 Å². The molecule has 2 fully saturated rings. The summed E-state index contributed by atoms with van der Waals surface area (Å²) in [5.41, 5.74) is 6.10. The Bertz CT molecular complexity index is 379. The summed E-state index contributed by atoms with van der Waals surface area (Å²) in [5, 5.41) is 0. The summed E-state index contributed by atoms with van der Waals surface area (Å²) in [4.78, 5) is 17.1. The van der Waals surface area contributed by atoms with E-state index in [0.717, 1.165) is 58.6 Å². The van der Waals surface area contributed by atoms with Crippen molar-refractivity contribution in [3.8, 4) is 0 Å². The van der Waals surface area contributed by atoms with Crippen LogP contribution < -0.4 is 5.73 Å². The van der Waals surface area contributed by atoms with Crippen molar-refractivity contribution in [2.45, 2.75) is 64.9 Å². The minimum Gasteiger partial charge on any atom is -0.375 e. The van der Waals surface area contributed by atoms with E-state index in [4.69, 9.17) is 10.5 Å². The van der Waals surface area contributed by atoms with E-state index in [1.807, 2.05) is 4.90 Å². The predicted octanol–water partition coefficient (Wildman–Crippen LogP) is 2.25. The van der Waals surface area contributed by atoms with Crippen LogP contribution in [0.3, 0.4) is 0 Å². The fourth-order valence-electron chi connectivity index (χ4n) is 4.17. The zero-order chi connectivity index (χ0) is 17.4. The molecule has 1 atom stereocenters. The number of amides is 1. The van der Waals surface area contributed by atoms with Crippen LogP contribution in [0.1, 0.15) is 58.8 Å². The van der Waals surface area contributed by atoms with Crippen molar-refractivity contribution in [1.29, 1.82) is 0 Å². The topological polar surface area (TPSA) is 58.8 Å². The lowest BCUT2D eigenvalue weighted by Gasteiger charge is -2.36. The number of hydrogen-bond donors (Lipinski definition) is 1. The predicted molar refractivity (Wildman–Crippen MR) is 97.9 cm³/mol. The molecule has 0 aromatic rings. The number of rotatable bonds is 9. The third kappa shape index (κ3) is 5.43.